The van der Waals surface area contributed by atoms with Crippen LogP contribution < -0.4 is 5.32 Å². The third-order valence-corrected chi connectivity index (χ3v) is 9.10. The molecule has 0 bridgehead atoms. The number of allylic oxidation sites excluding steroid dienone is 2. The fraction of sp³-hybridized carbons (Fsp3) is 0.522. The quantitative estimate of drug-likeness (QED) is 0.704. The van der Waals surface area contributed by atoms with Crippen LogP contribution >= 0.6 is 0 Å². The highest BCUT2D eigenvalue weighted by Crippen LogP contribution is 2.55. The van der Waals surface area contributed by atoms with Crippen molar-refractivity contribution in [2.75, 3.05) is 19.6 Å². The summed E-state index contributed by atoms with van der Waals surface area (Å²) in [6, 6.07) is 4.94. The third kappa shape index (κ3) is 3.54. The van der Waals surface area contributed by atoms with Crippen LogP contribution in [0, 0.1) is 10.8 Å². The number of alkyl halides is 2. The molecule has 1 aliphatic carbocycles. The first-order valence-electron chi connectivity index (χ1n) is 11.1. The first-order valence-corrected chi connectivity index (χ1v) is 12.5. The van der Waals surface area contributed by atoms with Gasteiger partial charge in [0.05, 0.1) is 11.4 Å². The minimum Gasteiger partial charge on any atom is -0.342 e. The zero-order valence-electron chi connectivity index (χ0n) is 18.6. The molecule has 3 heterocycles. The molecule has 0 saturated carbocycles. The molecule has 0 radical (unpaired) electrons. The number of hydrogen-bond acceptors (Lipinski definition) is 6. The molecule has 176 valence electrons. The number of azo groups is 1. The summed E-state index contributed by atoms with van der Waals surface area (Å²) in [5, 5.41) is 11.8. The summed E-state index contributed by atoms with van der Waals surface area (Å²) < 4.78 is 54.0. The van der Waals surface area contributed by atoms with E-state index in [0.717, 1.165) is 22.9 Å². The van der Waals surface area contributed by atoms with Gasteiger partial charge in [-0.3, -0.25) is 4.79 Å². The van der Waals surface area contributed by atoms with E-state index in [1.807, 2.05) is 0 Å². The highest BCUT2D eigenvalue weighted by atomic mass is 32.2. The van der Waals surface area contributed by atoms with Crippen LogP contribution in [0.4, 0.5) is 8.78 Å². The molecule has 3 aliphatic heterocycles. The smallest absolute Gasteiger partial charge is 0.263 e. The zero-order valence-corrected chi connectivity index (χ0v) is 19.4. The number of carbonyl (C=O) groups is 1. The van der Waals surface area contributed by atoms with Gasteiger partial charge in [-0.25, -0.2) is 17.2 Å². The lowest BCUT2D eigenvalue weighted by Crippen LogP contribution is -2.50. The molecular formula is C23H26F2N4O3S. The van der Waals surface area contributed by atoms with Crippen molar-refractivity contribution in [1.82, 2.24) is 9.62 Å². The van der Waals surface area contributed by atoms with E-state index in [4.69, 9.17) is 0 Å². The minimum atomic E-state index is -3.94. The van der Waals surface area contributed by atoms with Crippen molar-refractivity contribution < 1.29 is 22.0 Å². The molecule has 4 aliphatic rings. The number of carbonyl (C=O) groups excluding carboxylic acids is 1. The number of dihydropyridines is 1. The molecule has 1 saturated heterocycles. The van der Waals surface area contributed by atoms with E-state index in [-0.39, 0.29) is 34.7 Å². The van der Waals surface area contributed by atoms with Crippen LogP contribution in [-0.2, 0) is 14.8 Å². The van der Waals surface area contributed by atoms with E-state index in [0.29, 0.717) is 38.0 Å². The molecule has 0 unspecified atom stereocenters. The summed E-state index contributed by atoms with van der Waals surface area (Å²) in [5.41, 5.74) is 1.49. The lowest BCUT2D eigenvalue weighted by atomic mass is 9.60. The molecule has 0 atom stereocenters. The van der Waals surface area contributed by atoms with Gasteiger partial charge in [0.25, 0.3) is 6.43 Å². The maximum atomic E-state index is 13.3. The fourth-order valence-corrected chi connectivity index (χ4v) is 7.18. The summed E-state index contributed by atoms with van der Waals surface area (Å²) in [4.78, 5) is 13.2. The van der Waals surface area contributed by atoms with Gasteiger partial charge in [0.15, 0.2) is 11.6 Å². The van der Waals surface area contributed by atoms with Crippen molar-refractivity contribution in [2.24, 2.45) is 21.1 Å². The summed E-state index contributed by atoms with van der Waals surface area (Å²) in [6.45, 7) is 4.88. The number of hydrogen-bond donors (Lipinski definition) is 1. The van der Waals surface area contributed by atoms with E-state index in [1.54, 1.807) is 0 Å². The summed E-state index contributed by atoms with van der Waals surface area (Å²) in [5.74, 6) is 0.772. The van der Waals surface area contributed by atoms with Crippen LogP contribution in [0.3, 0.4) is 0 Å². The highest BCUT2D eigenvalue weighted by Gasteiger charge is 2.53. The second-order valence-corrected chi connectivity index (χ2v) is 11.9. The van der Waals surface area contributed by atoms with Gasteiger partial charge >= 0.3 is 0 Å². The molecule has 10 heteroatoms. The molecule has 1 fully saturated rings. The van der Waals surface area contributed by atoms with Gasteiger partial charge < -0.3 is 5.32 Å². The van der Waals surface area contributed by atoms with Gasteiger partial charge in [-0.15, -0.1) is 5.11 Å². The average molecular weight is 477 g/mol. The monoisotopic (exact) mass is 476 g/mol. The molecule has 7 nitrogen and oxygen atoms in total. The van der Waals surface area contributed by atoms with E-state index >= 15 is 0 Å². The van der Waals surface area contributed by atoms with Crippen molar-refractivity contribution in [2.45, 2.75) is 50.9 Å². The topological polar surface area (TPSA) is 91.2 Å². The molecule has 0 amide bonds. The Morgan fingerprint density at radius 1 is 1.15 bits per heavy atom. The highest BCUT2D eigenvalue weighted by molar-refractivity contribution is 7.89. The Balaban J connectivity index is 1.47. The van der Waals surface area contributed by atoms with Crippen molar-refractivity contribution in [3.8, 4) is 0 Å². The second kappa shape index (κ2) is 7.53. The Morgan fingerprint density at radius 3 is 2.58 bits per heavy atom. The lowest BCUT2D eigenvalue weighted by Gasteiger charge is -2.48. The normalized spacial score (nSPS) is 24.3. The molecule has 1 aromatic carbocycles. The van der Waals surface area contributed by atoms with E-state index in [2.05, 4.69) is 29.4 Å². The molecule has 33 heavy (non-hydrogen) atoms. The Labute approximate surface area is 191 Å². The van der Waals surface area contributed by atoms with Crippen molar-refractivity contribution >= 4 is 15.8 Å². The van der Waals surface area contributed by atoms with E-state index < -0.39 is 21.9 Å². The molecule has 1 aromatic rings. The number of benzene rings is 1. The molecule has 1 spiro atoms. The first kappa shape index (κ1) is 22.3. The van der Waals surface area contributed by atoms with E-state index in [1.165, 1.54) is 22.5 Å². The number of nitrogens with one attached hydrogen (secondary N) is 1. The van der Waals surface area contributed by atoms with E-state index in [9.17, 15) is 22.0 Å². The van der Waals surface area contributed by atoms with Gasteiger partial charge in [0, 0.05) is 47.3 Å². The van der Waals surface area contributed by atoms with Crippen LogP contribution in [0.5, 0.6) is 0 Å². The summed E-state index contributed by atoms with van der Waals surface area (Å²) in [7, 11) is -3.94. The van der Waals surface area contributed by atoms with Crippen molar-refractivity contribution in [3.63, 3.8) is 0 Å². The number of Topliss-reactive ketones (excluding diaryl/α,β-unsaturated/α-hetero) is 1. The van der Waals surface area contributed by atoms with Crippen LogP contribution in [0.15, 0.2) is 62.1 Å². The number of fused-ring (bicyclic) bond motifs is 2. The SMILES string of the molecule is CC1(C)CC(=O)C2=C(C1)NC1=C(CN=N1)C21CCN(S(=O)(=O)c2cccc(C(F)F)c2)CC1. The maximum absolute atomic E-state index is 13.3. The van der Waals surface area contributed by atoms with Gasteiger partial charge in [-0.1, -0.05) is 26.0 Å². The number of rotatable bonds is 3. The second-order valence-electron chi connectivity index (χ2n) is 10.0. The van der Waals surface area contributed by atoms with Gasteiger partial charge in [-0.05, 0) is 36.8 Å². The van der Waals surface area contributed by atoms with Crippen LogP contribution in [0.2, 0.25) is 0 Å². The zero-order chi connectivity index (χ0) is 23.6. The first-order chi connectivity index (χ1) is 15.5. The Bertz CT molecular complexity index is 1230. The predicted octanol–water partition coefficient (Wildman–Crippen LogP) is 4.32. The number of halogens is 2. The van der Waals surface area contributed by atoms with Crippen LogP contribution in [0.1, 0.15) is 51.5 Å². The summed E-state index contributed by atoms with van der Waals surface area (Å²) >= 11 is 0. The van der Waals surface area contributed by atoms with Crippen molar-refractivity contribution in [1.29, 1.82) is 0 Å². The minimum absolute atomic E-state index is 0.0909. The molecular weight excluding hydrogens is 450 g/mol. The predicted molar refractivity (Wildman–Crippen MR) is 117 cm³/mol. The number of piperidine rings is 1. The average Bonchev–Trinajstić information content (AvgIpc) is 3.22. The lowest BCUT2D eigenvalue weighted by molar-refractivity contribution is -0.119. The Hall–Kier alpha value is -2.46. The fourth-order valence-electron chi connectivity index (χ4n) is 5.69. The van der Waals surface area contributed by atoms with Crippen LogP contribution in [0.25, 0.3) is 0 Å². The van der Waals surface area contributed by atoms with Crippen LogP contribution in [-0.4, -0.2) is 38.1 Å². The summed E-state index contributed by atoms with van der Waals surface area (Å²) in [6.07, 6.45) is -0.736. The molecule has 0 aromatic heterocycles. The van der Waals surface area contributed by atoms with Gasteiger partial charge in [-0.2, -0.15) is 9.42 Å². The maximum Gasteiger partial charge on any atom is 0.263 e. The largest absolute Gasteiger partial charge is 0.342 e. The standard InChI is InChI=1S/C23H26F2N4O3S/c1-22(2)11-17-19(18(30)12-22)23(16-13-26-28-21(16)27-17)6-8-29(9-7-23)33(31,32)15-5-3-4-14(10-15)20(24)25/h3-5,10,20,27H,6-9,11-13H2,1-2H3. The number of nitrogens with zero attached hydrogens (tertiary/aromatic N) is 3. The molecule has 1 N–H and O–H groups in total. The Kier molecular flexibility index (Phi) is 5.09. The number of sulfonamides is 1. The van der Waals surface area contributed by atoms with Crippen molar-refractivity contribution in [3.05, 3.63) is 52.5 Å². The van der Waals surface area contributed by atoms with Gasteiger partial charge in [0.2, 0.25) is 10.0 Å². The molecule has 5 rings (SSSR count). The van der Waals surface area contributed by atoms with Gasteiger partial charge in [0.1, 0.15) is 0 Å². The number of ketones is 1. The Morgan fingerprint density at radius 2 is 1.88 bits per heavy atom. The third-order valence-electron chi connectivity index (χ3n) is 7.21.